The zero-order chi connectivity index (χ0) is 16.1. The predicted octanol–water partition coefficient (Wildman–Crippen LogP) is 6.93. The van der Waals surface area contributed by atoms with E-state index >= 15 is 0 Å². The van der Waals surface area contributed by atoms with Crippen molar-refractivity contribution in [3.63, 3.8) is 0 Å². The van der Waals surface area contributed by atoms with E-state index < -0.39 is 0 Å². The summed E-state index contributed by atoms with van der Waals surface area (Å²) in [5.41, 5.74) is 4.55. The monoisotopic (exact) mass is 328 g/mol. The third-order valence-corrected chi connectivity index (χ3v) is 4.78. The Labute approximate surface area is 145 Å². The van der Waals surface area contributed by atoms with Gasteiger partial charge in [-0.3, -0.25) is 0 Å². The Morgan fingerprint density at radius 1 is 0.625 bits per heavy atom. The minimum atomic E-state index is 0.676. The number of hydrogen-bond donors (Lipinski definition) is 0. The second-order valence-corrected chi connectivity index (χ2v) is 6.38. The molecular formula is C22H13ClO. The first-order chi connectivity index (χ1) is 11.8. The van der Waals surface area contributed by atoms with Crippen LogP contribution in [-0.4, -0.2) is 0 Å². The van der Waals surface area contributed by atoms with Gasteiger partial charge in [0.2, 0.25) is 0 Å². The third kappa shape index (κ3) is 1.95. The zero-order valence-corrected chi connectivity index (χ0v) is 13.5. The van der Waals surface area contributed by atoms with Crippen molar-refractivity contribution in [3.8, 4) is 33.8 Å². The van der Waals surface area contributed by atoms with Crippen molar-refractivity contribution in [1.82, 2.24) is 0 Å². The molecular weight excluding hydrogens is 316 g/mol. The van der Waals surface area contributed by atoms with E-state index in [9.17, 15) is 0 Å². The molecule has 5 rings (SSSR count). The molecule has 0 amide bonds. The molecule has 1 heterocycles. The van der Waals surface area contributed by atoms with Gasteiger partial charge in [-0.05, 0) is 40.1 Å². The van der Waals surface area contributed by atoms with E-state index in [4.69, 9.17) is 16.3 Å². The second-order valence-electron chi connectivity index (χ2n) is 5.95. The first kappa shape index (κ1) is 13.6. The van der Waals surface area contributed by atoms with Gasteiger partial charge in [0.15, 0.2) is 0 Å². The Hall–Kier alpha value is -2.77. The van der Waals surface area contributed by atoms with Gasteiger partial charge in [0, 0.05) is 22.2 Å². The number of fused-ring (bicyclic) bond motifs is 7. The topological polar surface area (TPSA) is 9.23 Å². The van der Waals surface area contributed by atoms with Gasteiger partial charge in [-0.1, -0.05) is 66.2 Å². The van der Waals surface area contributed by atoms with Gasteiger partial charge < -0.3 is 4.74 Å². The molecule has 114 valence electrons. The Kier molecular flexibility index (Phi) is 2.91. The average molecular weight is 329 g/mol. The summed E-state index contributed by atoms with van der Waals surface area (Å²) in [5, 5.41) is 3.08. The van der Waals surface area contributed by atoms with Crippen molar-refractivity contribution in [3.05, 3.63) is 83.9 Å². The Balaban J connectivity index is 1.95. The van der Waals surface area contributed by atoms with E-state index in [2.05, 4.69) is 54.6 Å². The summed E-state index contributed by atoms with van der Waals surface area (Å²) in [7, 11) is 0. The van der Waals surface area contributed by atoms with Crippen LogP contribution in [0.4, 0.5) is 0 Å². The van der Waals surface area contributed by atoms with Crippen LogP contribution in [0.3, 0.4) is 0 Å². The fourth-order valence-electron chi connectivity index (χ4n) is 3.47. The molecule has 1 aliphatic heterocycles. The van der Waals surface area contributed by atoms with E-state index in [1.54, 1.807) is 0 Å². The number of rotatable bonds is 0. The number of hydrogen-bond acceptors (Lipinski definition) is 1. The van der Waals surface area contributed by atoms with Crippen LogP contribution in [0.2, 0.25) is 5.02 Å². The molecule has 0 saturated heterocycles. The fraction of sp³-hybridized carbons (Fsp3) is 0. The maximum absolute atomic E-state index is 6.29. The highest BCUT2D eigenvalue weighted by molar-refractivity contribution is 6.30. The lowest BCUT2D eigenvalue weighted by atomic mass is 9.91. The molecule has 4 aromatic carbocycles. The predicted molar refractivity (Wildman–Crippen MR) is 99.9 cm³/mol. The van der Waals surface area contributed by atoms with Crippen LogP contribution in [0.5, 0.6) is 11.5 Å². The molecule has 0 radical (unpaired) electrons. The molecule has 0 N–H and O–H groups in total. The lowest BCUT2D eigenvalue weighted by Gasteiger charge is -2.12. The van der Waals surface area contributed by atoms with Gasteiger partial charge in [-0.2, -0.15) is 0 Å². The Bertz CT molecular complexity index is 1100. The van der Waals surface area contributed by atoms with Gasteiger partial charge in [-0.15, -0.1) is 0 Å². The zero-order valence-electron chi connectivity index (χ0n) is 12.8. The largest absolute Gasteiger partial charge is 0.456 e. The van der Waals surface area contributed by atoms with Crippen LogP contribution in [0, 0.1) is 0 Å². The van der Waals surface area contributed by atoms with Crippen LogP contribution in [0.15, 0.2) is 78.9 Å². The fourth-order valence-corrected chi connectivity index (χ4v) is 3.63. The molecule has 0 fully saturated rings. The molecule has 0 aliphatic carbocycles. The quantitative estimate of drug-likeness (QED) is 0.299. The summed E-state index contributed by atoms with van der Waals surface area (Å²) >= 11 is 6.20. The molecule has 0 bridgehead atoms. The highest BCUT2D eigenvalue weighted by Gasteiger charge is 2.22. The van der Waals surface area contributed by atoms with Crippen molar-refractivity contribution >= 4 is 22.4 Å². The minimum Gasteiger partial charge on any atom is -0.456 e. The Morgan fingerprint density at radius 2 is 1.42 bits per heavy atom. The lowest BCUT2D eigenvalue weighted by Crippen LogP contribution is -1.87. The lowest BCUT2D eigenvalue weighted by molar-refractivity contribution is 0.488. The summed E-state index contributed by atoms with van der Waals surface area (Å²) in [6.45, 7) is 0. The van der Waals surface area contributed by atoms with Crippen LogP contribution < -0.4 is 4.74 Å². The highest BCUT2D eigenvalue weighted by Crippen LogP contribution is 2.49. The SMILES string of the molecule is Clc1ccc2c(c1)Oc1ccc3ccccc3c1-c1ccccc1-2. The molecule has 0 spiro atoms. The van der Waals surface area contributed by atoms with Crippen LogP contribution in [0.25, 0.3) is 33.0 Å². The molecule has 0 saturated carbocycles. The Morgan fingerprint density at radius 3 is 2.33 bits per heavy atom. The first-order valence-corrected chi connectivity index (χ1v) is 8.28. The van der Waals surface area contributed by atoms with Crippen molar-refractivity contribution in [1.29, 1.82) is 0 Å². The van der Waals surface area contributed by atoms with E-state index in [0.29, 0.717) is 5.02 Å². The average Bonchev–Trinajstić information content (AvgIpc) is 2.75. The van der Waals surface area contributed by atoms with Gasteiger partial charge in [-0.25, -0.2) is 0 Å². The molecule has 0 atom stereocenters. The first-order valence-electron chi connectivity index (χ1n) is 7.90. The molecule has 4 aromatic rings. The van der Waals surface area contributed by atoms with Gasteiger partial charge in [0.1, 0.15) is 11.5 Å². The van der Waals surface area contributed by atoms with Gasteiger partial charge in [0.25, 0.3) is 0 Å². The normalized spacial score (nSPS) is 11.9. The van der Waals surface area contributed by atoms with Crippen molar-refractivity contribution in [2.75, 3.05) is 0 Å². The van der Waals surface area contributed by atoms with E-state index in [-0.39, 0.29) is 0 Å². The van der Waals surface area contributed by atoms with Crippen LogP contribution in [0.1, 0.15) is 0 Å². The standard InChI is InChI=1S/C22H13ClO/c23-15-10-11-18-17-7-3-4-8-19(17)22-16-6-2-1-5-14(16)9-12-20(22)24-21(18)13-15/h1-13H. The van der Waals surface area contributed by atoms with Crippen LogP contribution in [-0.2, 0) is 0 Å². The van der Waals surface area contributed by atoms with Gasteiger partial charge in [0.05, 0.1) is 0 Å². The molecule has 1 aliphatic rings. The number of benzene rings is 4. The maximum atomic E-state index is 6.29. The highest BCUT2D eigenvalue weighted by atomic mass is 35.5. The van der Waals surface area contributed by atoms with Crippen molar-refractivity contribution in [2.45, 2.75) is 0 Å². The summed E-state index contributed by atoms with van der Waals surface area (Å²) in [5.74, 6) is 1.66. The summed E-state index contributed by atoms with van der Waals surface area (Å²) in [6.07, 6.45) is 0. The molecule has 2 heteroatoms. The number of ether oxygens (including phenoxy) is 1. The minimum absolute atomic E-state index is 0.676. The molecule has 1 nitrogen and oxygen atoms in total. The summed E-state index contributed by atoms with van der Waals surface area (Å²) in [4.78, 5) is 0. The second kappa shape index (κ2) is 5.12. The van der Waals surface area contributed by atoms with Crippen molar-refractivity contribution in [2.24, 2.45) is 0 Å². The van der Waals surface area contributed by atoms with Gasteiger partial charge >= 0.3 is 0 Å². The maximum Gasteiger partial charge on any atom is 0.136 e. The third-order valence-electron chi connectivity index (χ3n) is 4.54. The van der Waals surface area contributed by atoms with E-state index in [0.717, 1.165) is 22.6 Å². The number of halogens is 1. The van der Waals surface area contributed by atoms with E-state index in [1.807, 2.05) is 24.3 Å². The molecule has 0 aromatic heterocycles. The molecule has 0 unspecified atom stereocenters. The van der Waals surface area contributed by atoms with Crippen molar-refractivity contribution < 1.29 is 4.74 Å². The summed E-state index contributed by atoms with van der Waals surface area (Å²) in [6, 6.07) is 26.8. The molecule has 24 heavy (non-hydrogen) atoms. The smallest absolute Gasteiger partial charge is 0.136 e. The van der Waals surface area contributed by atoms with Crippen LogP contribution >= 0.6 is 11.6 Å². The van der Waals surface area contributed by atoms with E-state index in [1.165, 1.54) is 21.9 Å². The summed E-state index contributed by atoms with van der Waals surface area (Å²) < 4.78 is 6.29.